The largest absolute Gasteiger partial charge is 0.393 e. The third-order valence-corrected chi connectivity index (χ3v) is 19.5. The Hall–Kier alpha value is -0.960. The van der Waals surface area contributed by atoms with Crippen molar-refractivity contribution in [2.75, 3.05) is 0 Å². The van der Waals surface area contributed by atoms with Gasteiger partial charge in [0.05, 0.1) is 28.9 Å². The minimum absolute atomic E-state index is 0.0736. The summed E-state index contributed by atoms with van der Waals surface area (Å²) in [4.78, 5) is 11.4. The molecule has 0 amide bonds. The SMILES string of the molecule is CC(C)CCC[C@@H](C)[C@H]1CC[C@H]2[C@@H]3CC[C@H]4Cc5nc6c(nc5C[C@]4(C)[C@H]3CC[C@]12C)C[C@@H]1CC[C@@H]2[C@H](CC[C@]3(C)[C@@H](O)CC[C@@H]23)[C@@]1(C)C6. The predicted molar refractivity (Wildman–Crippen MR) is 200 cm³/mol. The van der Waals surface area contributed by atoms with Gasteiger partial charge in [-0.05, 0) is 189 Å². The number of aromatic nitrogens is 2. The molecule has 49 heavy (non-hydrogen) atoms. The Morgan fingerprint density at radius 3 is 1.65 bits per heavy atom. The first-order valence-corrected chi connectivity index (χ1v) is 21.9. The van der Waals surface area contributed by atoms with Gasteiger partial charge in [0.15, 0.2) is 0 Å². The van der Waals surface area contributed by atoms with E-state index in [1.165, 1.54) is 132 Å². The van der Waals surface area contributed by atoms with Crippen LogP contribution in [0, 0.1) is 86.8 Å². The summed E-state index contributed by atoms with van der Waals surface area (Å²) in [5.41, 5.74) is 7.12. The summed E-state index contributed by atoms with van der Waals surface area (Å²) in [6, 6.07) is 0. The van der Waals surface area contributed by atoms with E-state index in [0.717, 1.165) is 77.9 Å². The zero-order valence-electron chi connectivity index (χ0n) is 32.7. The Balaban J connectivity index is 0.934. The fraction of sp³-hybridized carbons (Fsp3) is 0.913. The number of aliphatic hydroxyl groups excluding tert-OH is 1. The van der Waals surface area contributed by atoms with Crippen molar-refractivity contribution in [2.24, 2.45) is 86.8 Å². The van der Waals surface area contributed by atoms with Crippen molar-refractivity contribution in [1.82, 2.24) is 9.97 Å². The summed E-state index contributed by atoms with van der Waals surface area (Å²) >= 11 is 0. The topological polar surface area (TPSA) is 46.0 Å². The van der Waals surface area contributed by atoms with Crippen LogP contribution in [0.15, 0.2) is 0 Å². The van der Waals surface area contributed by atoms with Crippen LogP contribution in [0.25, 0.3) is 0 Å². The number of nitrogens with zero attached hydrogens (tertiary/aromatic N) is 2. The highest BCUT2D eigenvalue weighted by molar-refractivity contribution is 5.31. The van der Waals surface area contributed by atoms with Gasteiger partial charge in [0, 0.05) is 0 Å². The molecule has 272 valence electrons. The lowest BCUT2D eigenvalue weighted by molar-refractivity contribution is -0.112. The monoisotopic (exact) mass is 669 g/mol. The number of aliphatic hydroxyl groups is 1. The molecule has 1 heterocycles. The summed E-state index contributed by atoms with van der Waals surface area (Å²) < 4.78 is 0. The lowest BCUT2D eigenvalue weighted by Crippen LogP contribution is -2.55. The minimum atomic E-state index is -0.0736. The van der Waals surface area contributed by atoms with Gasteiger partial charge >= 0.3 is 0 Å². The molecule has 0 spiro atoms. The minimum Gasteiger partial charge on any atom is -0.393 e. The zero-order chi connectivity index (χ0) is 34.1. The average molecular weight is 669 g/mol. The van der Waals surface area contributed by atoms with Gasteiger partial charge in [-0.1, -0.05) is 67.7 Å². The van der Waals surface area contributed by atoms with Crippen LogP contribution in [0.5, 0.6) is 0 Å². The van der Waals surface area contributed by atoms with Crippen molar-refractivity contribution in [2.45, 2.75) is 177 Å². The second-order valence-corrected chi connectivity index (χ2v) is 21.8. The molecule has 1 aromatic rings. The van der Waals surface area contributed by atoms with Gasteiger partial charge in [0.2, 0.25) is 0 Å². The molecular formula is C46H72N2O. The number of hydrogen-bond acceptors (Lipinski definition) is 3. The van der Waals surface area contributed by atoms with Crippen LogP contribution in [0.4, 0.5) is 0 Å². The van der Waals surface area contributed by atoms with E-state index in [4.69, 9.17) is 9.97 Å². The number of hydrogen-bond donors (Lipinski definition) is 1. The molecule has 9 rings (SSSR count). The second-order valence-electron chi connectivity index (χ2n) is 21.8. The molecule has 8 aliphatic rings. The van der Waals surface area contributed by atoms with Crippen molar-refractivity contribution in [3.63, 3.8) is 0 Å². The lowest BCUT2D eigenvalue weighted by atomic mass is 9.44. The second kappa shape index (κ2) is 11.8. The molecule has 1 aromatic heterocycles. The van der Waals surface area contributed by atoms with E-state index in [2.05, 4.69) is 48.5 Å². The van der Waals surface area contributed by atoms with Crippen molar-refractivity contribution in [1.29, 1.82) is 0 Å². The third-order valence-electron chi connectivity index (χ3n) is 19.5. The van der Waals surface area contributed by atoms with Crippen LogP contribution in [0.2, 0.25) is 0 Å². The molecule has 0 bridgehead atoms. The standard InChI is InChI=1S/C46H72N2O/c1-27(2)9-8-10-28(3)33-15-16-34-31-13-11-29-23-38-40(25-45(29,6)36(31)19-21-43(33,34)4)47-39-24-30-12-14-32-35-17-18-42(49)44(35,5)22-20-37(32)46(30,7)26-41(39)48-38/h27-37,42,49H,8-26H2,1-7H3/t28-,29+,30+,31+,32+,33-,34+,35+,36+,37+,42+,43-,44+,45+,46+/m1/s1. The molecule has 0 unspecified atom stereocenters. The van der Waals surface area contributed by atoms with Crippen molar-refractivity contribution < 1.29 is 5.11 Å². The van der Waals surface area contributed by atoms with Gasteiger partial charge in [-0.15, -0.1) is 0 Å². The maximum Gasteiger partial charge on any atom is 0.0628 e. The van der Waals surface area contributed by atoms with E-state index in [9.17, 15) is 5.11 Å². The highest BCUT2D eigenvalue weighted by Crippen LogP contribution is 2.69. The molecule has 1 N–H and O–H groups in total. The summed E-state index contributed by atoms with van der Waals surface area (Å²) in [6.45, 7) is 18.0. The molecule has 8 aliphatic carbocycles. The zero-order valence-corrected chi connectivity index (χ0v) is 32.7. The summed E-state index contributed by atoms with van der Waals surface area (Å²) in [5.74, 6) is 9.35. The van der Waals surface area contributed by atoms with Crippen LogP contribution in [-0.4, -0.2) is 21.2 Å². The van der Waals surface area contributed by atoms with Gasteiger partial charge in [-0.25, -0.2) is 0 Å². The van der Waals surface area contributed by atoms with Crippen LogP contribution in [0.3, 0.4) is 0 Å². The smallest absolute Gasteiger partial charge is 0.0628 e. The Morgan fingerprint density at radius 1 is 0.571 bits per heavy atom. The summed E-state index contributed by atoms with van der Waals surface area (Å²) in [6.07, 6.45) is 25.3. The molecule has 0 aromatic carbocycles. The van der Waals surface area contributed by atoms with Crippen LogP contribution in [-0.2, 0) is 25.7 Å². The predicted octanol–water partition coefficient (Wildman–Crippen LogP) is 10.8. The van der Waals surface area contributed by atoms with E-state index in [-0.39, 0.29) is 11.5 Å². The van der Waals surface area contributed by atoms with E-state index >= 15 is 0 Å². The van der Waals surface area contributed by atoms with Crippen LogP contribution < -0.4 is 0 Å². The summed E-state index contributed by atoms with van der Waals surface area (Å²) in [7, 11) is 0. The van der Waals surface area contributed by atoms with E-state index in [1.54, 1.807) is 0 Å². The number of fused-ring (bicyclic) bond motifs is 12. The first-order chi connectivity index (χ1) is 23.3. The molecule has 0 aliphatic heterocycles. The van der Waals surface area contributed by atoms with Crippen molar-refractivity contribution >= 4 is 0 Å². The molecule has 0 radical (unpaired) electrons. The third kappa shape index (κ3) is 4.94. The van der Waals surface area contributed by atoms with Gasteiger partial charge < -0.3 is 5.11 Å². The molecule has 3 nitrogen and oxygen atoms in total. The molecule has 0 saturated heterocycles. The van der Waals surface area contributed by atoms with Gasteiger partial charge in [0.1, 0.15) is 0 Å². The fourth-order valence-corrected chi connectivity index (χ4v) is 16.7. The molecule has 15 atom stereocenters. The van der Waals surface area contributed by atoms with Gasteiger partial charge in [-0.2, -0.15) is 0 Å². The molecular weight excluding hydrogens is 597 g/mol. The quantitative estimate of drug-likeness (QED) is 0.340. The van der Waals surface area contributed by atoms with Gasteiger partial charge in [0.25, 0.3) is 0 Å². The van der Waals surface area contributed by atoms with Gasteiger partial charge in [-0.3, -0.25) is 9.97 Å². The van der Waals surface area contributed by atoms with Crippen molar-refractivity contribution in [3.05, 3.63) is 22.8 Å². The van der Waals surface area contributed by atoms with E-state index < -0.39 is 0 Å². The van der Waals surface area contributed by atoms with E-state index in [0.29, 0.717) is 16.2 Å². The Morgan fingerprint density at radius 2 is 1.08 bits per heavy atom. The summed E-state index contributed by atoms with van der Waals surface area (Å²) in [5, 5.41) is 11.0. The molecule has 3 heteroatoms. The highest BCUT2D eigenvalue weighted by Gasteiger charge is 2.62. The normalized spacial score (nSPS) is 50.2. The Kier molecular flexibility index (Phi) is 8.13. The Labute approximate surface area is 300 Å². The molecule has 6 saturated carbocycles. The maximum absolute atomic E-state index is 11.0. The van der Waals surface area contributed by atoms with E-state index in [1.807, 2.05) is 0 Å². The highest BCUT2D eigenvalue weighted by atomic mass is 16.3. The first kappa shape index (κ1) is 33.8. The van der Waals surface area contributed by atoms with Crippen LogP contribution >= 0.6 is 0 Å². The maximum atomic E-state index is 11.0. The fourth-order valence-electron chi connectivity index (χ4n) is 16.7. The molecule has 6 fully saturated rings. The van der Waals surface area contributed by atoms with Crippen molar-refractivity contribution in [3.8, 4) is 0 Å². The Bertz CT molecular complexity index is 1440. The number of rotatable bonds is 5. The first-order valence-electron chi connectivity index (χ1n) is 21.9. The lowest BCUT2D eigenvalue weighted by Gasteiger charge is -2.61. The van der Waals surface area contributed by atoms with Crippen LogP contribution in [0.1, 0.15) is 168 Å². The average Bonchev–Trinajstić information content (AvgIpc) is 3.57.